The Morgan fingerprint density at radius 2 is 2.05 bits per heavy atom. The maximum absolute atomic E-state index is 12.1. The van der Waals surface area contributed by atoms with Crippen molar-refractivity contribution in [1.29, 1.82) is 0 Å². The molecule has 4 heteroatoms. The summed E-state index contributed by atoms with van der Waals surface area (Å²) in [5, 5.41) is 3.88. The summed E-state index contributed by atoms with van der Waals surface area (Å²) in [5.74, 6) is -0.0217. The van der Waals surface area contributed by atoms with E-state index in [-0.39, 0.29) is 11.9 Å². The number of carbonyl (C=O) groups is 1. The maximum Gasteiger partial charge on any atom is 0.263 e. The smallest absolute Gasteiger partial charge is 0.263 e. The van der Waals surface area contributed by atoms with Gasteiger partial charge in [0.15, 0.2) is 0 Å². The van der Waals surface area contributed by atoms with Crippen LogP contribution in [0.5, 0.6) is 0 Å². The molecule has 2 rings (SSSR count). The van der Waals surface area contributed by atoms with E-state index in [0.717, 1.165) is 22.7 Å². The first kappa shape index (κ1) is 13.7. The third-order valence-electron chi connectivity index (χ3n) is 3.01. The Kier molecular flexibility index (Phi) is 4.32. The molecule has 1 unspecified atom stereocenters. The van der Waals surface area contributed by atoms with Crippen molar-refractivity contribution in [3.05, 3.63) is 40.9 Å². The molecule has 1 atom stereocenters. The van der Waals surface area contributed by atoms with E-state index in [1.807, 2.05) is 44.2 Å². The minimum Gasteiger partial charge on any atom is -0.349 e. The van der Waals surface area contributed by atoms with Crippen molar-refractivity contribution in [3.8, 4) is 10.6 Å². The van der Waals surface area contributed by atoms with Crippen LogP contribution in [0.4, 0.5) is 0 Å². The van der Waals surface area contributed by atoms with Gasteiger partial charge in [0.25, 0.3) is 5.91 Å². The van der Waals surface area contributed by atoms with E-state index in [9.17, 15) is 4.79 Å². The highest BCUT2D eigenvalue weighted by Gasteiger charge is 2.17. The second-order valence-corrected chi connectivity index (χ2v) is 5.58. The number of hydrogen-bond acceptors (Lipinski definition) is 3. The van der Waals surface area contributed by atoms with Crippen molar-refractivity contribution in [1.82, 2.24) is 10.3 Å². The summed E-state index contributed by atoms with van der Waals surface area (Å²) in [6.45, 7) is 5.95. The lowest BCUT2D eigenvalue weighted by molar-refractivity contribution is 0.0942. The highest BCUT2D eigenvalue weighted by Crippen LogP contribution is 2.27. The van der Waals surface area contributed by atoms with Gasteiger partial charge in [-0.1, -0.05) is 37.3 Å². The molecule has 0 saturated heterocycles. The van der Waals surface area contributed by atoms with Gasteiger partial charge in [-0.15, -0.1) is 11.3 Å². The number of thiazole rings is 1. The van der Waals surface area contributed by atoms with Gasteiger partial charge in [-0.3, -0.25) is 4.79 Å². The number of aromatic nitrogens is 1. The van der Waals surface area contributed by atoms with E-state index in [1.54, 1.807) is 0 Å². The first-order chi connectivity index (χ1) is 9.11. The molecule has 19 heavy (non-hydrogen) atoms. The van der Waals surface area contributed by atoms with Crippen molar-refractivity contribution >= 4 is 17.2 Å². The zero-order chi connectivity index (χ0) is 13.8. The van der Waals surface area contributed by atoms with Gasteiger partial charge in [-0.05, 0) is 20.3 Å². The lowest BCUT2D eigenvalue weighted by Gasteiger charge is -2.09. The summed E-state index contributed by atoms with van der Waals surface area (Å²) >= 11 is 1.45. The Balaban J connectivity index is 2.24. The Morgan fingerprint density at radius 3 is 2.68 bits per heavy atom. The Hall–Kier alpha value is -1.68. The van der Waals surface area contributed by atoms with Crippen LogP contribution in [-0.4, -0.2) is 16.9 Å². The monoisotopic (exact) mass is 274 g/mol. The number of amides is 1. The van der Waals surface area contributed by atoms with E-state index in [4.69, 9.17) is 0 Å². The first-order valence-corrected chi connectivity index (χ1v) is 7.27. The van der Waals surface area contributed by atoms with Crippen LogP contribution in [0.15, 0.2) is 30.3 Å². The second kappa shape index (κ2) is 5.97. The van der Waals surface area contributed by atoms with Gasteiger partial charge < -0.3 is 5.32 Å². The van der Waals surface area contributed by atoms with Crippen molar-refractivity contribution in [2.45, 2.75) is 33.2 Å². The van der Waals surface area contributed by atoms with E-state index in [2.05, 4.69) is 17.2 Å². The SMILES string of the molecule is CCC(C)NC(=O)c1sc(-c2ccccc2)nc1C. The van der Waals surface area contributed by atoms with Crippen LogP contribution in [0, 0.1) is 6.92 Å². The molecule has 1 aromatic heterocycles. The van der Waals surface area contributed by atoms with Crippen LogP contribution in [0.25, 0.3) is 10.6 Å². The van der Waals surface area contributed by atoms with Gasteiger partial charge in [-0.25, -0.2) is 4.98 Å². The zero-order valence-electron chi connectivity index (χ0n) is 11.4. The predicted octanol–water partition coefficient (Wildman–Crippen LogP) is 3.65. The van der Waals surface area contributed by atoms with Crippen molar-refractivity contribution < 1.29 is 4.79 Å². The van der Waals surface area contributed by atoms with Gasteiger partial charge in [0.05, 0.1) is 5.69 Å². The largest absolute Gasteiger partial charge is 0.349 e. The topological polar surface area (TPSA) is 42.0 Å². The normalized spacial score (nSPS) is 12.2. The van der Waals surface area contributed by atoms with Crippen molar-refractivity contribution in [3.63, 3.8) is 0 Å². The highest BCUT2D eigenvalue weighted by atomic mass is 32.1. The van der Waals surface area contributed by atoms with Crippen LogP contribution in [0.1, 0.15) is 35.6 Å². The molecule has 0 bridgehead atoms. The molecular weight excluding hydrogens is 256 g/mol. The molecular formula is C15H18N2OS. The third-order valence-corrected chi connectivity index (χ3v) is 4.22. The molecule has 0 aliphatic heterocycles. The second-order valence-electron chi connectivity index (χ2n) is 4.58. The van der Waals surface area contributed by atoms with E-state index < -0.39 is 0 Å². The van der Waals surface area contributed by atoms with Crippen LogP contribution in [-0.2, 0) is 0 Å². The fourth-order valence-corrected chi connectivity index (χ4v) is 2.68. The minimum atomic E-state index is -0.0217. The lowest BCUT2D eigenvalue weighted by Crippen LogP contribution is -2.31. The Labute approximate surface area is 117 Å². The molecule has 0 aliphatic rings. The average Bonchev–Trinajstić information content (AvgIpc) is 2.81. The molecule has 0 fully saturated rings. The summed E-state index contributed by atoms with van der Waals surface area (Å²) in [6, 6.07) is 10.1. The van der Waals surface area contributed by atoms with Crippen LogP contribution < -0.4 is 5.32 Å². The summed E-state index contributed by atoms with van der Waals surface area (Å²) < 4.78 is 0. The molecule has 3 nitrogen and oxygen atoms in total. The van der Waals surface area contributed by atoms with Crippen molar-refractivity contribution in [2.24, 2.45) is 0 Å². The number of hydrogen-bond donors (Lipinski definition) is 1. The van der Waals surface area contributed by atoms with Crippen LogP contribution in [0.2, 0.25) is 0 Å². The molecule has 1 aromatic carbocycles. The number of nitrogens with one attached hydrogen (secondary N) is 1. The van der Waals surface area contributed by atoms with Gasteiger partial charge in [0, 0.05) is 11.6 Å². The summed E-state index contributed by atoms with van der Waals surface area (Å²) in [6.07, 6.45) is 0.926. The molecule has 0 radical (unpaired) electrons. The molecule has 100 valence electrons. The van der Waals surface area contributed by atoms with Gasteiger partial charge in [0.1, 0.15) is 9.88 Å². The van der Waals surface area contributed by atoms with Crippen LogP contribution >= 0.6 is 11.3 Å². The molecule has 1 heterocycles. The molecule has 1 N–H and O–H groups in total. The lowest BCUT2D eigenvalue weighted by atomic mass is 10.2. The first-order valence-electron chi connectivity index (χ1n) is 6.45. The fourth-order valence-electron chi connectivity index (χ4n) is 1.70. The van der Waals surface area contributed by atoms with Crippen LogP contribution in [0.3, 0.4) is 0 Å². The molecule has 0 saturated carbocycles. The number of benzene rings is 1. The summed E-state index contributed by atoms with van der Waals surface area (Å²) in [4.78, 5) is 17.3. The Morgan fingerprint density at radius 1 is 1.37 bits per heavy atom. The summed E-state index contributed by atoms with van der Waals surface area (Å²) in [5.41, 5.74) is 1.85. The zero-order valence-corrected chi connectivity index (χ0v) is 12.3. The van der Waals surface area contributed by atoms with Crippen molar-refractivity contribution in [2.75, 3.05) is 0 Å². The number of nitrogens with zero attached hydrogens (tertiary/aromatic N) is 1. The molecule has 0 spiro atoms. The molecule has 0 aliphatic carbocycles. The van der Waals surface area contributed by atoms with Gasteiger partial charge in [-0.2, -0.15) is 0 Å². The fraction of sp³-hybridized carbons (Fsp3) is 0.333. The minimum absolute atomic E-state index is 0.0217. The number of rotatable bonds is 4. The number of carbonyl (C=O) groups excluding carboxylic acids is 1. The predicted molar refractivity (Wildman–Crippen MR) is 79.5 cm³/mol. The van der Waals surface area contributed by atoms with E-state index >= 15 is 0 Å². The molecule has 2 aromatic rings. The quantitative estimate of drug-likeness (QED) is 0.924. The van der Waals surface area contributed by atoms with E-state index in [0.29, 0.717) is 4.88 Å². The summed E-state index contributed by atoms with van der Waals surface area (Å²) in [7, 11) is 0. The number of aryl methyl sites for hydroxylation is 1. The third kappa shape index (κ3) is 3.20. The molecule has 1 amide bonds. The van der Waals surface area contributed by atoms with Gasteiger partial charge >= 0.3 is 0 Å². The Bertz CT molecular complexity index is 563. The van der Waals surface area contributed by atoms with E-state index in [1.165, 1.54) is 11.3 Å². The maximum atomic E-state index is 12.1. The standard InChI is InChI=1S/C15H18N2OS/c1-4-10(2)16-14(18)13-11(3)17-15(19-13)12-8-6-5-7-9-12/h5-10H,4H2,1-3H3,(H,16,18). The average molecular weight is 274 g/mol. The van der Waals surface area contributed by atoms with Gasteiger partial charge in [0.2, 0.25) is 0 Å². The highest BCUT2D eigenvalue weighted by molar-refractivity contribution is 7.17.